The van der Waals surface area contributed by atoms with Crippen LogP contribution in [0.15, 0.2) is 0 Å². The average Bonchev–Trinajstić information content (AvgIpc) is 2.44. The molecule has 0 aromatic rings. The molecule has 0 saturated carbocycles. The molecule has 0 aromatic heterocycles. The summed E-state index contributed by atoms with van der Waals surface area (Å²) in [5.74, 6) is -0.968. The van der Waals surface area contributed by atoms with Gasteiger partial charge in [-0.15, -0.1) is 0 Å². The van der Waals surface area contributed by atoms with E-state index >= 15 is 0 Å². The van der Waals surface area contributed by atoms with Gasteiger partial charge in [-0.3, -0.25) is 9.59 Å². The summed E-state index contributed by atoms with van der Waals surface area (Å²) in [6, 6.07) is 0. The van der Waals surface area contributed by atoms with E-state index in [1.807, 2.05) is 0 Å². The van der Waals surface area contributed by atoms with E-state index in [0.717, 1.165) is 12.8 Å². The summed E-state index contributed by atoms with van der Waals surface area (Å²) in [6.07, 6.45) is 9.22. The van der Waals surface area contributed by atoms with Crippen LogP contribution in [0.25, 0.3) is 0 Å². The number of carbonyl (C=O) groups is 2. The maximum Gasteiger partial charge on any atom is 0.309 e. The van der Waals surface area contributed by atoms with Gasteiger partial charge in [0.15, 0.2) is 0 Å². The molecule has 4 heteroatoms. The van der Waals surface area contributed by atoms with Gasteiger partial charge < -0.3 is 9.47 Å². The number of esters is 2. The maximum atomic E-state index is 11.6. The van der Waals surface area contributed by atoms with Crippen LogP contribution in [0, 0.1) is 5.92 Å². The van der Waals surface area contributed by atoms with E-state index in [2.05, 4.69) is 6.92 Å². The quantitative estimate of drug-likeness (QED) is 0.404. The van der Waals surface area contributed by atoms with Crippen molar-refractivity contribution in [1.82, 2.24) is 0 Å². The minimum atomic E-state index is -0.352. The highest BCUT2D eigenvalue weighted by Gasteiger charge is 2.22. The molecule has 118 valence electrons. The van der Waals surface area contributed by atoms with Crippen molar-refractivity contribution in [3.63, 3.8) is 0 Å². The Morgan fingerprint density at radius 1 is 0.950 bits per heavy atom. The molecule has 0 radical (unpaired) electrons. The van der Waals surface area contributed by atoms with E-state index in [1.54, 1.807) is 6.92 Å². The molecule has 0 amide bonds. The third kappa shape index (κ3) is 9.82. The zero-order valence-electron chi connectivity index (χ0n) is 13.3. The Balaban J connectivity index is 3.87. The van der Waals surface area contributed by atoms with Gasteiger partial charge in [-0.2, -0.15) is 0 Å². The molecule has 0 fully saturated rings. The van der Waals surface area contributed by atoms with E-state index in [1.165, 1.54) is 39.2 Å². The summed E-state index contributed by atoms with van der Waals surface area (Å²) in [4.78, 5) is 23.1. The molecule has 0 aliphatic rings. The van der Waals surface area contributed by atoms with Crippen molar-refractivity contribution in [3.05, 3.63) is 0 Å². The number of carbonyl (C=O) groups excluding carboxylic acids is 2. The summed E-state index contributed by atoms with van der Waals surface area (Å²) >= 11 is 0. The molecule has 0 saturated heterocycles. The van der Waals surface area contributed by atoms with Crippen molar-refractivity contribution in [2.45, 2.75) is 71.6 Å². The molecule has 1 unspecified atom stereocenters. The Morgan fingerprint density at radius 3 is 2.10 bits per heavy atom. The lowest BCUT2D eigenvalue weighted by Crippen LogP contribution is -2.21. The summed E-state index contributed by atoms with van der Waals surface area (Å²) < 4.78 is 9.65. The minimum Gasteiger partial charge on any atom is -0.469 e. The SMILES string of the molecule is CCCCCCCCCC(CC(=O)OCC)C(=O)OC. The van der Waals surface area contributed by atoms with Crippen LogP contribution >= 0.6 is 0 Å². The van der Waals surface area contributed by atoms with Crippen LogP contribution in [0.1, 0.15) is 71.6 Å². The molecule has 1 atom stereocenters. The predicted octanol–water partition coefficient (Wildman–Crippen LogP) is 3.87. The van der Waals surface area contributed by atoms with E-state index < -0.39 is 0 Å². The molecule has 0 spiro atoms. The Bertz CT molecular complexity index is 263. The zero-order chi connectivity index (χ0) is 15.2. The Labute approximate surface area is 123 Å². The van der Waals surface area contributed by atoms with Crippen LogP contribution in [0.3, 0.4) is 0 Å². The second kappa shape index (κ2) is 12.9. The normalized spacial score (nSPS) is 11.9. The molecule has 0 heterocycles. The van der Waals surface area contributed by atoms with Gasteiger partial charge in [0.05, 0.1) is 26.1 Å². The zero-order valence-corrected chi connectivity index (χ0v) is 13.3. The first kappa shape index (κ1) is 18.9. The van der Waals surface area contributed by atoms with Crippen molar-refractivity contribution in [2.75, 3.05) is 13.7 Å². The van der Waals surface area contributed by atoms with Crippen LogP contribution in [-0.2, 0) is 19.1 Å². The maximum absolute atomic E-state index is 11.6. The molecule has 0 aromatic carbocycles. The highest BCUT2D eigenvalue weighted by Crippen LogP contribution is 2.17. The van der Waals surface area contributed by atoms with Crippen molar-refractivity contribution in [3.8, 4) is 0 Å². The van der Waals surface area contributed by atoms with Crippen molar-refractivity contribution >= 4 is 11.9 Å². The fourth-order valence-electron chi connectivity index (χ4n) is 2.24. The second-order valence-corrected chi connectivity index (χ2v) is 5.14. The van der Waals surface area contributed by atoms with Gasteiger partial charge in [0.25, 0.3) is 0 Å². The van der Waals surface area contributed by atoms with Crippen LogP contribution in [0.4, 0.5) is 0 Å². The summed E-state index contributed by atoms with van der Waals surface area (Å²) in [5, 5.41) is 0. The first-order valence-electron chi connectivity index (χ1n) is 7.89. The van der Waals surface area contributed by atoms with Gasteiger partial charge in [-0.1, -0.05) is 51.9 Å². The monoisotopic (exact) mass is 286 g/mol. The van der Waals surface area contributed by atoms with Crippen LogP contribution in [0.5, 0.6) is 0 Å². The summed E-state index contributed by atoms with van der Waals surface area (Å²) in [5.41, 5.74) is 0. The molecule has 0 bridgehead atoms. The number of unbranched alkanes of at least 4 members (excludes halogenated alkanes) is 6. The largest absolute Gasteiger partial charge is 0.469 e. The predicted molar refractivity (Wildman–Crippen MR) is 79.4 cm³/mol. The molecule has 4 nitrogen and oxygen atoms in total. The van der Waals surface area contributed by atoms with E-state index in [9.17, 15) is 9.59 Å². The van der Waals surface area contributed by atoms with E-state index in [-0.39, 0.29) is 24.3 Å². The van der Waals surface area contributed by atoms with E-state index in [4.69, 9.17) is 9.47 Å². The van der Waals surface area contributed by atoms with Crippen LogP contribution in [0.2, 0.25) is 0 Å². The Morgan fingerprint density at radius 2 is 1.55 bits per heavy atom. The van der Waals surface area contributed by atoms with Crippen molar-refractivity contribution < 1.29 is 19.1 Å². The van der Waals surface area contributed by atoms with Gasteiger partial charge in [0.2, 0.25) is 0 Å². The van der Waals surface area contributed by atoms with Crippen molar-refractivity contribution in [1.29, 1.82) is 0 Å². The van der Waals surface area contributed by atoms with Crippen molar-refractivity contribution in [2.24, 2.45) is 5.92 Å². The molecule has 0 aliphatic heterocycles. The number of ether oxygens (including phenoxy) is 2. The number of hydrogen-bond donors (Lipinski definition) is 0. The van der Waals surface area contributed by atoms with Gasteiger partial charge in [0.1, 0.15) is 0 Å². The molecular weight excluding hydrogens is 256 g/mol. The molecule has 20 heavy (non-hydrogen) atoms. The lowest BCUT2D eigenvalue weighted by atomic mass is 9.97. The molecular formula is C16H30O4. The van der Waals surface area contributed by atoms with E-state index in [0.29, 0.717) is 13.0 Å². The fraction of sp³-hybridized carbons (Fsp3) is 0.875. The van der Waals surface area contributed by atoms with Gasteiger partial charge in [-0.25, -0.2) is 0 Å². The number of rotatable bonds is 12. The highest BCUT2D eigenvalue weighted by molar-refractivity contribution is 5.79. The Hall–Kier alpha value is -1.06. The fourth-order valence-corrected chi connectivity index (χ4v) is 2.24. The van der Waals surface area contributed by atoms with Gasteiger partial charge in [-0.05, 0) is 13.3 Å². The third-order valence-corrected chi connectivity index (χ3v) is 3.41. The molecule has 0 rings (SSSR count). The number of hydrogen-bond acceptors (Lipinski definition) is 4. The number of methoxy groups -OCH3 is 1. The standard InChI is InChI=1S/C16H30O4/c1-4-6-7-8-9-10-11-12-14(16(18)19-3)13-15(17)20-5-2/h14H,4-13H2,1-3H3. The first-order valence-corrected chi connectivity index (χ1v) is 7.89. The van der Waals surface area contributed by atoms with Gasteiger partial charge >= 0.3 is 11.9 Å². The summed E-state index contributed by atoms with van der Waals surface area (Å²) in [7, 11) is 1.37. The third-order valence-electron chi connectivity index (χ3n) is 3.41. The second-order valence-electron chi connectivity index (χ2n) is 5.14. The van der Waals surface area contributed by atoms with Crippen LogP contribution < -0.4 is 0 Å². The topological polar surface area (TPSA) is 52.6 Å². The van der Waals surface area contributed by atoms with Gasteiger partial charge in [0, 0.05) is 0 Å². The lowest BCUT2D eigenvalue weighted by molar-refractivity contribution is -0.153. The summed E-state index contributed by atoms with van der Waals surface area (Å²) in [6.45, 7) is 4.32. The van der Waals surface area contributed by atoms with Crippen LogP contribution in [-0.4, -0.2) is 25.7 Å². The Kier molecular flexibility index (Phi) is 12.3. The highest BCUT2D eigenvalue weighted by atomic mass is 16.5. The molecule has 0 N–H and O–H groups in total. The smallest absolute Gasteiger partial charge is 0.309 e. The first-order chi connectivity index (χ1) is 9.65. The lowest BCUT2D eigenvalue weighted by Gasteiger charge is -2.13. The molecule has 0 aliphatic carbocycles. The minimum absolute atomic E-state index is 0.135. The average molecular weight is 286 g/mol.